The van der Waals surface area contributed by atoms with Gasteiger partial charge in [-0.1, -0.05) is 35.0 Å². The molecule has 19 heavy (non-hydrogen) atoms. The van der Waals surface area contributed by atoms with E-state index in [0.717, 1.165) is 0 Å². The quantitative estimate of drug-likeness (QED) is 0.633. The molecule has 0 fully saturated rings. The third-order valence-corrected chi connectivity index (χ3v) is 4.35. The van der Waals surface area contributed by atoms with Crippen LogP contribution in [0.3, 0.4) is 0 Å². The van der Waals surface area contributed by atoms with Crippen molar-refractivity contribution in [1.29, 1.82) is 0 Å². The van der Waals surface area contributed by atoms with Crippen LogP contribution in [-0.2, 0) is 12.8 Å². The lowest BCUT2D eigenvalue weighted by atomic mass is 10.1. The number of halogens is 3. The second-order valence-corrected chi connectivity index (χ2v) is 5.61. The van der Waals surface area contributed by atoms with Gasteiger partial charge in [0, 0.05) is 23.4 Å². The largest absolute Gasteiger partial charge is 0.276 e. The van der Waals surface area contributed by atoms with Gasteiger partial charge in [-0.05, 0) is 34.2 Å². The van der Waals surface area contributed by atoms with E-state index >= 15 is 0 Å². The van der Waals surface area contributed by atoms with Crippen LogP contribution in [0, 0.1) is 0 Å². The van der Waals surface area contributed by atoms with E-state index in [9.17, 15) is 4.79 Å². The molecular formula is C10H7Cl3N4OS. The maximum Gasteiger partial charge on any atom is 0.253 e. The van der Waals surface area contributed by atoms with Gasteiger partial charge in [0.15, 0.2) is 0 Å². The number of tetrazole rings is 1. The molecule has 2 rings (SSSR count). The standard InChI is InChI=1S/C10H7Cl3N4OS/c1-17-10(14-15-16-17)19-4-6-7(11)3-2-5(8(6)12)9(13)18/h2-3H,4H2,1H3. The molecule has 0 saturated carbocycles. The van der Waals surface area contributed by atoms with Crippen LogP contribution in [0.1, 0.15) is 15.9 Å². The first-order valence-corrected chi connectivity index (χ1v) is 7.14. The highest BCUT2D eigenvalue weighted by Crippen LogP contribution is 2.33. The van der Waals surface area contributed by atoms with Crippen LogP contribution >= 0.6 is 46.6 Å². The number of hydrogen-bond donors (Lipinski definition) is 0. The van der Waals surface area contributed by atoms with E-state index in [-0.39, 0.29) is 10.6 Å². The summed E-state index contributed by atoms with van der Waals surface area (Å²) in [5.41, 5.74) is 0.863. The zero-order valence-corrected chi connectivity index (χ0v) is 12.7. The van der Waals surface area contributed by atoms with Gasteiger partial charge in [-0.15, -0.1) is 5.10 Å². The summed E-state index contributed by atoms with van der Waals surface area (Å²) in [7, 11) is 1.73. The maximum atomic E-state index is 11.2. The van der Waals surface area contributed by atoms with Gasteiger partial charge in [0.2, 0.25) is 5.16 Å². The average molecular weight is 338 g/mol. The van der Waals surface area contributed by atoms with Crippen molar-refractivity contribution in [3.63, 3.8) is 0 Å². The molecule has 2 aromatic rings. The first kappa shape index (κ1) is 14.6. The molecule has 0 spiro atoms. The van der Waals surface area contributed by atoms with Crippen molar-refractivity contribution in [2.75, 3.05) is 0 Å². The minimum Gasteiger partial charge on any atom is -0.276 e. The van der Waals surface area contributed by atoms with Gasteiger partial charge < -0.3 is 0 Å². The van der Waals surface area contributed by atoms with Crippen molar-refractivity contribution in [3.05, 3.63) is 33.3 Å². The number of carbonyl (C=O) groups excluding carboxylic acids is 1. The number of thioether (sulfide) groups is 1. The number of nitrogens with zero attached hydrogens (tertiary/aromatic N) is 4. The van der Waals surface area contributed by atoms with Crippen LogP contribution in [0.4, 0.5) is 0 Å². The summed E-state index contributed by atoms with van der Waals surface area (Å²) in [5, 5.41) is 11.8. The van der Waals surface area contributed by atoms with Crippen LogP contribution in [-0.4, -0.2) is 25.4 Å². The molecule has 1 heterocycles. The lowest BCUT2D eigenvalue weighted by Crippen LogP contribution is -1.97. The van der Waals surface area contributed by atoms with Crippen molar-refractivity contribution in [2.24, 2.45) is 7.05 Å². The zero-order valence-electron chi connectivity index (χ0n) is 9.60. The monoisotopic (exact) mass is 336 g/mol. The summed E-state index contributed by atoms with van der Waals surface area (Å²) in [5.74, 6) is 0.434. The molecule has 100 valence electrons. The third kappa shape index (κ3) is 3.20. The van der Waals surface area contributed by atoms with Gasteiger partial charge in [0.25, 0.3) is 5.24 Å². The second-order valence-electron chi connectivity index (χ2n) is 3.53. The van der Waals surface area contributed by atoms with E-state index in [2.05, 4.69) is 15.5 Å². The first-order valence-electron chi connectivity index (χ1n) is 5.02. The Balaban J connectivity index is 2.27. The molecule has 5 nitrogen and oxygen atoms in total. The van der Waals surface area contributed by atoms with E-state index in [1.165, 1.54) is 22.5 Å². The second kappa shape index (κ2) is 6.09. The SMILES string of the molecule is Cn1nnnc1SCc1c(Cl)ccc(C(=O)Cl)c1Cl. The Morgan fingerprint density at radius 3 is 2.74 bits per heavy atom. The normalized spacial score (nSPS) is 10.7. The summed E-state index contributed by atoms with van der Waals surface area (Å²) < 4.78 is 1.53. The molecule has 0 bridgehead atoms. The molecule has 0 aliphatic rings. The molecule has 0 radical (unpaired) electrons. The Bertz CT molecular complexity index is 631. The van der Waals surface area contributed by atoms with Crippen molar-refractivity contribution in [2.45, 2.75) is 10.9 Å². The molecule has 0 atom stereocenters. The highest BCUT2D eigenvalue weighted by Gasteiger charge is 2.16. The van der Waals surface area contributed by atoms with E-state index in [4.69, 9.17) is 34.8 Å². The summed E-state index contributed by atoms with van der Waals surface area (Å²) in [6.45, 7) is 0. The molecule has 0 aliphatic heterocycles. The number of benzene rings is 1. The van der Waals surface area contributed by atoms with E-state index in [1.807, 2.05) is 0 Å². The van der Waals surface area contributed by atoms with Gasteiger partial charge in [0.1, 0.15) is 0 Å². The maximum absolute atomic E-state index is 11.2. The minimum absolute atomic E-state index is 0.236. The number of aromatic nitrogens is 4. The zero-order chi connectivity index (χ0) is 14.0. The number of rotatable bonds is 4. The Labute approximate surface area is 128 Å². The Hall–Kier alpha value is -0.820. The van der Waals surface area contributed by atoms with Crippen LogP contribution in [0.5, 0.6) is 0 Å². The smallest absolute Gasteiger partial charge is 0.253 e. The summed E-state index contributed by atoms with van der Waals surface area (Å²) in [6.07, 6.45) is 0. The minimum atomic E-state index is -0.617. The Morgan fingerprint density at radius 1 is 1.42 bits per heavy atom. The molecule has 0 amide bonds. The third-order valence-electron chi connectivity index (χ3n) is 2.32. The predicted octanol–water partition coefficient (Wildman–Crippen LogP) is 3.19. The van der Waals surface area contributed by atoms with Crippen molar-refractivity contribution in [3.8, 4) is 0 Å². The molecule has 9 heteroatoms. The molecule has 0 unspecified atom stereocenters. The van der Waals surface area contributed by atoms with E-state index in [1.54, 1.807) is 13.1 Å². The van der Waals surface area contributed by atoms with Crippen LogP contribution < -0.4 is 0 Å². The topological polar surface area (TPSA) is 60.7 Å². The van der Waals surface area contributed by atoms with E-state index in [0.29, 0.717) is 21.5 Å². The summed E-state index contributed by atoms with van der Waals surface area (Å²) in [4.78, 5) is 11.2. The highest BCUT2D eigenvalue weighted by molar-refractivity contribution is 7.98. The van der Waals surface area contributed by atoms with Crippen LogP contribution in [0.2, 0.25) is 10.0 Å². The first-order chi connectivity index (χ1) is 9.00. The van der Waals surface area contributed by atoms with Crippen LogP contribution in [0.25, 0.3) is 0 Å². The summed E-state index contributed by atoms with van der Waals surface area (Å²) in [6, 6.07) is 3.09. The summed E-state index contributed by atoms with van der Waals surface area (Å²) >= 11 is 19.0. The number of hydrogen-bond acceptors (Lipinski definition) is 5. The van der Waals surface area contributed by atoms with E-state index < -0.39 is 5.24 Å². The van der Waals surface area contributed by atoms with Crippen LogP contribution in [0.15, 0.2) is 17.3 Å². The van der Waals surface area contributed by atoms with Crippen molar-refractivity contribution < 1.29 is 4.79 Å². The number of carbonyl (C=O) groups is 1. The van der Waals surface area contributed by atoms with Gasteiger partial charge >= 0.3 is 0 Å². The molecule has 0 saturated heterocycles. The molecule has 0 N–H and O–H groups in total. The van der Waals surface area contributed by atoms with Crippen molar-refractivity contribution >= 4 is 51.8 Å². The average Bonchev–Trinajstić information content (AvgIpc) is 2.74. The van der Waals surface area contributed by atoms with Gasteiger partial charge in [-0.3, -0.25) is 4.79 Å². The fourth-order valence-corrected chi connectivity index (χ4v) is 3.21. The fraction of sp³-hybridized carbons (Fsp3) is 0.200. The molecule has 0 aliphatic carbocycles. The Kier molecular flexibility index (Phi) is 4.67. The lowest BCUT2D eigenvalue weighted by molar-refractivity contribution is 0.108. The molecule has 1 aromatic carbocycles. The van der Waals surface area contributed by atoms with Gasteiger partial charge in [-0.2, -0.15) is 0 Å². The Morgan fingerprint density at radius 2 is 2.16 bits per heavy atom. The lowest BCUT2D eigenvalue weighted by Gasteiger charge is -2.08. The molecule has 1 aromatic heterocycles. The molecular weight excluding hydrogens is 331 g/mol. The fourth-order valence-electron chi connectivity index (χ4n) is 1.36. The van der Waals surface area contributed by atoms with Gasteiger partial charge in [0.05, 0.1) is 10.6 Å². The predicted molar refractivity (Wildman–Crippen MR) is 75.0 cm³/mol. The van der Waals surface area contributed by atoms with Crippen molar-refractivity contribution in [1.82, 2.24) is 20.2 Å². The highest BCUT2D eigenvalue weighted by atomic mass is 35.5. The van der Waals surface area contributed by atoms with Gasteiger partial charge in [-0.25, -0.2) is 4.68 Å². The number of aryl methyl sites for hydroxylation is 1.